The maximum atomic E-state index is 11.6. The van der Waals surface area contributed by atoms with Gasteiger partial charge in [0.2, 0.25) is 10.0 Å². The third kappa shape index (κ3) is 2.77. The van der Waals surface area contributed by atoms with Crippen molar-refractivity contribution in [2.75, 3.05) is 24.7 Å². The van der Waals surface area contributed by atoms with E-state index in [0.29, 0.717) is 11.6 Å². The minimum Gasteiger partial charge on any atom is -0.350 e. The first-order chi connectivity index (χ1) is 12.4. The van der Waals surface area contributed by atoms with Crippen LogP contribution in [0.1, 0.15) is 0 Å². The van der Waals surface area contributed by atoms with E-state index >= 15 is 0 Å². The number of aromatic nitrogens is 4. The zero-order valence-corrected chi connectivity index (χ0v) is 14.7. The average Bonchev–Trinajstić information content (AvgIpc) is 3.05. The van der Waals surface area contributed by atoms with Gasteiger partial charge in [0.25, 0.3) is 0 Å². The van der Waals surface area contributed by atoms with Gasteiger partial charge in [-0.05, 0) is 18.2 Å². The summed E-state index contributed by atoms with van der Waals surface area (Å²) < 4.78 is 24.4. The van der Waals surface area contributed by atoms with E-state index in [1.165, 1.54) is 4.31 Å². The standard InChI is InChI=1S/C16H15N7O2S/c1-26(24,25)23-9-16(8-17,10-23)22-13-4-7-20-15(21-13)12-3-6-19-14-11(12)2-5-18-14/h2-7H,9-10H2,1H3,(H,18,19)(H,20,21,22). The number of anilines is 1. The van der Waals surface area contributed by atoms with Gasteiger partial charge in [0.15, 0.2) is 11.4 Å². The van der Waals surface area contributed by atoms with Gasteiger partial charge in [-0.25, -0.2) is 23.4 Å². The smallest absolute Gasteiger partial charge is 0.211 e. The van der Waals surface area contributed by atoms with Gasteiger partial charge in [-0.2, -0.15) is 9.57 Å². The molecule has 10 heteroatoms. The lowest BCUT2D eigenvalue weighted by Gasteiger charge is -2.44. The summed E-state index contributed by atoms with van der Waals surface area (Å²) in [6.45, 7) is 0.165. The highest BCUT2D eigenvalue weighted by molar-refractivity contribution is 7.88. The molecule has 1 fully saturated rings. The van der Waals surface area contributed by atoms with Crippen LogP contribution in [0.2, 0.25) is 0 Å². The molecule has 26 heavy (non-hydrogen) atoms. The number of fused-ring (bicyclic) bond motifs is 1. The second-order valence-corrected chi connectivity index (χ2v) is 8.20. The molecule has 0 radical (unpaired) electrons. The summed E-state index contributed by atoms with van der Waals surface area (Å²) in [4.78, 5) is 16.1. The lowest BCUT2D eigenvalue weighted by atomic mass is 9.94. The zero-order valence-electron chi connectivity index (χ0n) is 13.8. The molecule has 0 amide bonds. The van der Waals surface area contributed by atoms with Crippen LogP contribution in [0.25, 0.3) is 22.4 Å². The van der Waals surface area contributed by atoms with Crippen molar-refractivity contribution < 1.29 is 8.42 Å². The lowest BCUT2D eigenvalue weighted by molar-refractivity contribution is 0.228. The SMILES string of the molecule is CS(=O)(=O)N1CC(C#N)(Nc2ccnc(-c3ccnc4[nH]ccc34)n2)C1. The molecule has 1 saturated heterocycles. The Morgan fingerprint density at radius 1 is 1.27 bits per heavy atom. The fraction of sp³-hybridized carbons (Fsp3) is 0.250. The summed E-state index contributed by atoms with van der Waals surface area (Å²) in [5, 5.41) is 13.4. The predicted octanol–water partition coefficient (Wildman–Crippen LogP) is 0.969. The summed E-state index contributed by atoms with van der Waals surface area (Å²) in [6.07, 6.45) is 6.19. The van der Waals surface area contributed by atoms with Crippen LogP contribution in [0.3, 0.4) is 0 Å². The minimum atomic E-state index is -3.31. The molecule has 4 heterocycles. The van der Waals surface area contributed by atoms with Crippen molar-refractivity contribution in [2.24, 2.45) is 0 Å². The van der Waals surface area contributed by atoms with E-state index in [4.69, 9.17) is 0 Å². The number of sulfonamides is 1. The summed E-state index contributed by atoms with van der Waals surface area (Å²) in [5.41, 5.74) is 0.564. The second kappa shape index (κ2) is 5.76. The molecular weight excluding hydrogens is 354 g/mol. The van der Waals surface area contributed by atoms with Crippen LogP contribution in [0.4, 0.5) is 5.82 Å². The van der Waals surface area contributed by atoms with Crippen molar-refractivity contribution >= 4 is 26.9 Å². The van der Waals surface area contributed by atoms with Crippen molar-refractivity contribution in [3.05, 3.63) is 36.8 Å². The molecule has 0 unspecified atom stereocenters. The van der Waals surface area contributed by atoms with Gasteiger partial charge in [0.05, 0.1) is 25.4 Å². The highest BCUT2D eigenvalue weighted by Crippen LogP contribution is 2.28. The maximum absolute atomic E-state index is 11.6. The number of nitrogens with zero attached hydrogens (tertiary/aromatic N) is 5. The molecule has 9 nitrogen and oxygen atoms in total. The first-order valence-electron chi connectivity index (χ1n) is 7.80. The molecule has 3 aromatic rings. The van der Waals surface area contributed by atoms with Gasteiger partial charge in [0, 0.05) is 29.5 Å². The van der Waals surface area contributed by atoms with Crippen LogP contribution in [0, 0.1) is 11.3 Å². The Morgan fingerprint density at radius 2 is 2.04 bits per heavy atom. The molecule has 3 aromatic heterocycles. The fourth-order valence-electron chi connectivity index (χ4n) is 2.93. The molecule has 0 atom stereocenters. The van der Waals surface area contributed by atoms with Crippen LogP contribution in [0.5, 0.6) is 0 Å². The normalized spacial score (nSPS) is 16.8. The minimum absolute atomic E-state index is 0.0823. The summed E-state index contributed by atoms with van der Waals surface area (Å²) in [7, 11) is -3.31. The molecule has 1 aliphatic rings. The average molecular weight is 369 g/mol. The van der Waals surface area contributed by atoms with Crippen LogP contribution in [-0.2, 0) is 10.0 Å². The Labute approximate surface area is 149 Å². The van der Waals surface area contributed by atoms with Crippen LogP contribution in [0.15, 0.2) is 36.8 Å². The molecule has 0 aliphatic carbocycles. The Hall–Kier alpha value is -3.03. The van der Waals surface area contributed by atoms with Gasteiger partial charge in [-0.3, -0.25) is 0 Å². The molecular formula is C16H15N7O2S. The Bertz CT molecular complexity index is 1130. The van der Waals surface area contributed by atoms with Crippen LogP contribution in [-0.4, -0.2) is 57.5 Å². The molecule has 0 aromatic carbocycles. The summed E-state index contributed by atoms with van der Waals surface area (Å²) in [5.74, 6) is 0.958. The van der Waals surface area contributed by atoms with E-state index in [-0.39, 0.29) is 13.1 Å². The van der Waals surface area contributed by atoms with E-state index in [0.717, 1.165) is 22.9 Å². The van der Waals surface area contributed by atoms with E-state index in [9.17, 15) is 13.7 Å². The molecule has 2 N–H and O–H groups in total. The number of aromatic amines is 1. The first kappa shape index (κ1) is 16.4. The number of pyridine rings is 1. The van der Waals surface area contributed by atoms with Crippen molar-refractivity contribution in [1.82, 2.24) is 24.2 Å². The molecule has 0 bridgehead atoms. The van der Waals surface area contributed by atoms with Crippen molar-refractivity contribution in [3.63, 3.8) is 0 Å². The van der Waals surface area contributed by atoms with Gasteiger partial charge in [-0.15, -0.1) is 0 Å². The van der Waals surface area contributed by atoms with Crippen LogP contribution < -0.4 is 5.32 Å². The van der Waals surface area contributed by atoms with Gasteiger partial charge >= 0.3 is 0 Å². The number of rotatable bonds is 4. The molecule has 1 aliphatic heterocycles. The third-order valence-electron chi connectivity index (χ3n) is 4.30. The highest BCUT2D eigenvalue weighted by atomic mass is 32.2. The van der Waals surface area contributed by atoms with Gasteiger partial charge in [0.1, 0.15) is 11.5 Å². The summed E-state index contributed by atoms with van der Waals surface area (Å²) >= 11 is 0. The number of nitriles is 1. The Kier molecular flexibility index (Phi) is 3.64. The topological polar surface area (TPSA) is 128 Å². The quantitative estimate of drug-likeness (QED) is 0.701. The number of hydrogen-bond acceptors (Lipinski definition) is 7. The predicted molar refractivity (Wildman–Crippen MR) is 95.5 cm³/mol. The largest absolute Gasteiger partial charge is 0.350 e. The van der Waals surface area contributed by atoms with Crippen molar-refractivity contribution in [3.8, 4) is 17.5 Å². The number of nitrogens with one attached hydrogen (secondary N) is 2. The van der Waals surface area contributed by atoms with Crippen molar-refractivity contribution in [2.45, 2.75) is 5.54 Å². The van der Waals surface area contributed by atoms with Gasteiger partial charge in [-0.1, -0.05) is 0 Å². The lowest BCUT2D eigenvalue weighted by Crippen LogP contribution is -2.66. The highest BCUT2D eigenvalue weighted by Gasteiger charge is 2.47. The maximum Gasteiger partial charge on any atom is 0.211 e. The number of hydrogen-bond donors (Lipinski definition) is 2. The van der Waals surface area contributed by atoms with Gasteiger partial charge < -0.3 is 10.3 Å². The monoisotopic (exact) mass is 369 g/mol. The molecule has 0 saturated carbocycles. The summed E-state index contributed by atoms with van der Waals surface area (Å²) in [6, 6.07) is 7.53. The van der Waals surface area contributed by atoms with Crippen molar-refractivity contribution in [1.29, 1.82) is 5.26 Å². The molecule has 4 rings (SSSR count). The molecule has 132 valence electrons. The van der Waals surface area contributed by atoms with Crippen LogP contribution >= 0.6 is 0 Å². The van der Waals surface area contributed by atoms with E-state index in [1.807, 2.05) is 12.1 Å². The molecule has 0 spiro atoms. The first-order valence-corrected chi connectivity index (χ1v) is 9.65. The Morgan fingerprint density at radius 3 is 2.77 bits per heavy atom. The number of H-pyrrole nitrogens is 1. The van der Waals surface area contributed by atoms with E-state index in [2.05, 4.69) is 31.3 Å². The van der Waals surface area contributed by atoms with E-state index < -0.39 is 15.6 Å². The Balaban J connectivity index is 1.63. The third-order valence-corrected chi connectivity index (χ3v) is 5.50. The zero-order chi connectivity index (χ0) is 18.4. The second-order valence-electron chi connectivity index (χ2n) is 6.21. The van der Waals surface area contributed by atoms with E-state index in [1.54, 1.807) is 24.7 Å². The fourth-order valence-corrected chi connectivity index (χ4v) is 3.84.